The average Bonchev–Trinajstić information content (AvgIpc) is 3.74. The molecular weight excluding hydrogens is 971 g/mol. The Hall–Kier alpha value is -8.23. The first-order valence-electron chi connectivity index (χ1n) is 25.8. The van der Waals surface area contributed by atoms with Gasteiger partial charge in [-0.15, -0.1) is 0 Å². The third-order valence-electron chi connectivity index (χ3n) is 14.2. The van der Waals surface area contributed by atoms with Crippen molar-refractivity contribution in [3.05, 3.63) is 236 Å². The van der Waals surface area contributed by atoms with Gasteiger partial charge in [-0.25, -0.2) is 9.59 Å². The van der Waals surface area contributed by atoms with Crippen LogP contribution in [0.15, 0.2) is 192 Å². The SMILES string of the molecule is COc1ccc(C(CO[C@H]2[C@H](C)[C@H](n3ccc(NC(c4ccccc4)(c4ccccc4)c4ccc(OC)cc4)nc3=O)O[C@@]2(COC(=O)[C@@H](NC(=O)CC(C)(C)C)C(C)C)N=[N+]=[N-])(c2ccccc2)c2ccccc2)cc1. The molecule has 0 bridgehead atoms. The Morgan fingerprint density at radius 2 is 1.19 bits per heavy atom. The Bertz CT molecular complexity index is 3110. The van der Waals surface area contributed by atoms with E-state index in [-0.39, 0.29) is 36.1 Å². The molecule has 1 saturated heterocycles. The lowest BCUT2D eigenvalue weighted by molar-refractivity contribution is -0.173. The number of amides is 1. The number of anilines is 1. The minimum Gasteiger partial charge on any atom is -0.497 e. The summed E-state index contributed by atoms with van der Waals surface area (Å²) in [6, 6.07) is 55.8. The molecule has 0 radical (unpaired) electrons. The number of azide groups is 1. The Labute approximate surface area is 450 Å². The van der Waals surface area contributed by atoms with Crippen LogP contribution in [-0.2, 0) is 34.8 Å². The van der Waals surface area contributed by atoms with Crippen LogP contribution in [0.5, 0.6) is 11.5 Å². The molecule has 5 atom stereocenters. The number of hydrogen-bond acceptors (Lipinski definition) is 11. The van der Waals surface area contributed by atoms with E-state index in [1.807, 2.05) is 198 Å². The standard InChI is InChI=1S/C62H67N7O8/c1-42(2)54(65-53(70)39-59(4,5)6)57(71)76-41-61(67-68-63)55(75-40-60(44-21-13-9-14-22-44,45-23-15-10-16-24-45)46-29-33-50(73-7)34-30-46)43(3)56(77-61)69-38-37-52(64-58(69)72)66-62(47-25-17-11-18-26-47,48-27-19-12-20-28-48)49-31-35-51(74-8)36-32-49/h9-38,42-43,54-56H,39-41H2,1-8H3,(H,65,70)(H,64,66,72)/t43-,54-,55-,56+,61+/m0/s1. The Balaban J connectivity index is 1.22. The summed E-state index contributed by atoms with van der Waals surface area (Å²) >= 11 is 0. The van der Waals surface area contributed by atoms with Gasteiger partial charge in [-0.2, -0.15) is 4.98 Å². The van der Waals surface area contributed by atoms with Crippen molar-refractivity contribution in [2.24, 2.45) is 22.4 Å². The first-order chi connectivity index (χ1) is 37.1. The van der Waals surface area contributed by atoms with Crippen LogP contribution in [0.25, 0.3) is 10.4 Å². The van der Waals surface area contributed by atoms with E-state index >= 15 is 0 Å². The maximum absolute atomic E-state index is 14.8. The molecule has 2 heterocycles. The Morgan fingerprint density at radius 1 is 0.727 bits per heavy atom. The predicted molar refractivity (Wildman–Crippen MR) is 296 cm³/mol. The Kier molecular flexibility index (Phi) is 17.0. The maximum Gasteiger partial charge on any atom is 0.351 e. The highest BCUT2D eigenvalue weighted by atomic mass is 16.6. The summed E-state index contributed by atoms with van der Waals surface area (Å²) in [6.07, 6.45) is -0.596. The molecule has 0 spiro atoms. The number of methoxy groups -OCH3 is 2. The van der Waals surface area contributed by atoms with Crippen LogP contribution in [0.4, 0.5) is 5.82 Å². The number of ether oxygens (including phenoxy) is 5. The molecule has 1 aliphatic rings. The van der Waals surface area contributed by atoms with E-state index in [0.29, 0.717) is 11.5 Å². The molecule has 0 unspecified atom stereocenters. The molecule has 77 heavy (non-hydrogen) atoms. The minimum absolute atomic E-state index is 0.0466. The third kappa shape index (κ3) is 11.8. The molecule has 398 valence electrons. The van der Waals surface area contributed by atoms with Gasteiger partial charge in [0.25, 0.3) is 0 Å². The molecule has 1 aliphatic heterocycles. The summed E-state index contributed by atoms with van der Waals surface area (Å²) in [6.45, 7) is 10.5. The van der Waals surface area contributed by atoms with E-state index in [1.54, 1.807) is 40.3 Å². The van der Waals surface area contributed by atoms with Gasteiger partial charge in [-0.05, 0) is 80.6 Å². The van der Waals surface area contributed by atoms with Crippen LogP contribution in [0, 0.1) is 17.3 Å². The second kappa shape index (κ2) is 23.8. The lowest BCUT2D eigenvalue weighted by Crippen LogP contribution is -2.50. The minimum atomic E-state index is -2.06. The summed E-state index contributed by atoms with van der Waals surface area (Å²) in [4.78, 5) is 50.3. The molecule has 6 aromatic carbocycles. The lowest BCUT2D eigenvalue weighted by atomic mass is 9.70. The highest BCUT2D eigenvalue weighted by molar-refractivity contribution is 5.85. The van der Waals surface area contributed by atoms with Crippen molar-refractivity contribution >= 4 is 17.7 Å². The van der Waals surface area contributed by atoms with Gasteiger partial charge in [0.15, 0.2) is 0 Å². The maximum atomic E-state index is 14.8. The molecule has 0 aliphatic carbocycles. The van der Waals surface area contributed by atoms with Crippen LogP contribution < -0.4 is 25.8 Å². The topological polar surface area (TPSA) is 188 Å². The van der Waals surface area contributed by atoms with Crippen molar-refractivity contribution in [3.8, 4) is 11.5 Å². The van der Waals surface area contributed by atoms with Crippen molar-refractivity contribution in [2.45, 2.75) is 83.0 Å². The first-order valence-corrected chi connectivity index (χ1v) is 25.8. The number of nitrogens with one attached hydrogen (secondary N) is 2. The summed E-state index contributed by atoms with van der Waals surface area (Å²) in [7, 11) is 3.23. The zero-order valence-corrected chi connectivity index (χ0v) is 44.8. The van der Waals surface area contributed by atoms with Gasteiger partial charge in [-0.3, -0.25) is 9.36 Å². The van der Waals surface area contributed by atoms with E-state index in [2.05, 4.69) is 25.6 Å². The average molecular weight is 1040 g/mol. The monoisotopic (exact) mass is 1040 g/mol. The van der Waals surface area contributed by atoms with Crippen LogP contribution in [0.2, 0.25) is 0 Å². The third-order valence-corrected chi connectivity index (χ3v) is 14.2. The molecular formula is C62H67N7O8. The molecule has 1 amide bonds. The quantitative estimate of drug-likeness (QED) is 0.0230. The highest BCUT2D eigenvalue weighted by Crippen LogP contribution is 2.48. The molecule has 8 rings (SSSR count). The van der Waals surface area contributed by atoms with Crippen LogP contribution in [-0.4, -0.2) is 66.7 Å². The van der Waals surface area contributed by atoms with Crippen molar-refractivity contribution in [3.63, 3.8) is 0 Å². The number of esters is 1. The molecule has 1 aromatic heterocycles. The molecule has 15 heteroatoms. The molecule has 7 aromatic rings. The predicted octanol–water partition coefficient (Wildman–Crippen LogP) is 11.4. The number of rotatable bonds is 21. The number of hydrogen-bond donors (Lipinski definition) is 2. The zero-order chi connectivity index (χ0) is 54.8. The number of nitrogens with zero attached hydrogens (tertiary/aromatic N) is 5. The summed E-state index contributed by atoms with van der Waals surface area (Å²) in [5.74, 6) is -0.630. The van der Waals surface area contributed by atoms with Gasteiger partial charge in [0.05, 0.1) is 26.2 Å². The second-order valence-electron chi connectivity index (χ2n) is 21.0. The van der Waals surface area contributed by atoms with Gasteiger partial charge >= 0.3 is 11.7 Å². The molecule has 15 nitrogen and oxygen atoms in total. The summed E-state index contributed by atoms with van der Waals surface area (Å²) in [5, 5.41) is 10.8. The van der Waals surface area contributed by atoms with Gasteiger partial charge < -0.3 is 34.3 Å². The van der Waals surface area contributed by atoms with Crippen molar-refractivity contribution in [2.75, 3.05) is 32.8 Å². The number of benzene rings is 6. The van der Waals surface area contributed by atoms with Gasteiger partial charge in [0.1, 0.15) is 47.8 Å². The summed E-state index contributed by atoms with van der Waals surface area (Å²) < 4.78 is 32.7. The van der Waals surface area contributed by atoms with Crippen LogP contribution >= 0.6 is 0 Å². The van der Waals surface area contributed by atoms with Crippen molar-refractivity contribution in [1.82, 2.24) is 14.9 Å². The fourth-order valence-corrected chi connectivity index (χ4v) is 10.4. The summed E-state index contributed by atoms with van der Waals surface area (Å²) in [5.41, 5.74) is 10.6. The second-order valence-corrected chi connectivity index (χ2v) is 21.0. The normalized spacial score (nSPS) is 17.9. The van der Waals surface area contributed by atoms with Gasteiger partial charge in [-0.1, -0.05) is 192 Å². The number of carbonyl (C=O) groups excluding carboxylic acids is 2. The first kappa shape index (κ1) is 55.0. The van der Waals surface area contributed by atoms with Crippen LogP contribution in [0.1, 0.15) is 87.6 Å². The molecule has 1 fully saturated rings. The van der Waals surface area contributed by atoms with Crippen LogP contribution in [0.3, 0.4) is 0 Å². The largest absolute Gasteiger partial charge is 0.497 e. The molecule has 2 N–H and O–H groups in total. The smallest absolute Gasteiger partial charge is 0.351 e. The van der Waals surface area contributed by atoms with Gasteiger partial charge in [0.2, 0.25) is 11.6 Å². The highest BCUT2D eigenvalue weighted by Gasteiger charge is 2.57. The lowest BCUT2D eigenvalue weighted by Gasteiger charge is -2.39. The number of carbonyl (C=O) groups is 2. The van der Waals surface area contributed by atoms with E-state index in [0.717, 1.165) is 33.4 Å². The molecule has 0 saturated carbocycles. The van der Waals surface area contributed by atoms with E-state index in [9.17, 15) is 19.9 Å². The van der Waals surface area contributed by atoms with E-state index in [4.69, 9.17) is 23.7 Å². The van der Waals surface area contributed by atoms with Crippen molar-refractivity contribution < 1.29 is 33.3 Å². The fourth-order valence-electron chi connectivity index (χ4n) is 10.4. The van der Waals surface area contributed by atoms with E-state index < -0.39 is 59.2 Å². The zero-order valence-electron chi connectivity index (χ0n) is 44.8. The van der Waals surface area contributed by atoms with Gasteiger partial charge in [0, 0.05) is 23.4 Å². The van der Waals surface area contributed by atoms with E-state index in [1.165, 1.54) is 4.57 Å². The number of aromatic nitrogens is 2. The fraction of sp³-hybridized carbons (Fsp3) is 0.323. The van der Waals surface area contributed by atoms with Crippen molar-refractivity contribution in [1.29, 1.82) is 0 Å². The Morgan fingerprint density at radius 3 is 1.65 bits per heavy atom.